The van der Waals surface area contributed by atoms with Crippen LogP contribution in [0.3, 0.4) is 0 Å². The van der Waals surface area contributed by atoms with Crippen LogP contribution in [0.25, 0.3) is 0 Å². The number of aryl methyl sites for hydroxylation is 1. The highest BCUT2D eigenvalue weighted by molar-refractivity contribution is 7.80. The molecular formula is C13H20N4S. The number of rotatable bonds is 2. The molecule has 18 heavy (non-hydrogen) atoms. The van der Waals surface area contributed by atoms with Crippen molar-refractivity contribution in [1.29, 1.82) is 0 Å². The lowest BCUT2D eigenvalue weighted by Gasteiger charge is -2.21. The summed E-state index contributed by atoms with van der Waals surface area (Å²) < 4.78 is 0. The van der Waals surface area contributed by atoms with E-state index in [1.165, 1.54) is 5.56 Å². The largest absolute Gasteiger partial charge is 0.356 e. The number of hydrazine groups is 1. The summed E-state index contributed by atoms with van der Waals surface area (Å²) in [5.74, 6) is 0. The fourth-order valence-electron chi connectivity index (χ4n) is 2.08. The van der Waals surface area contributed by atoms with Crippen LogP contribution < -0.4 is 21.5 Å². The van der Waals surface area contributed by atoms with Crippen molar-refractivity contribution in [3.05, 3.63) is 29.8 Å². The van der Waals surface area contributed by atoms with E-state index in [0.29, 0.717) is 17.2 Å². The molecular weight excluding hydrogens is 244 g/mol. The first-order valence-electron chi connectivity index (χ1n) is 6.21. The standard InChI is InChI=1S/C13H20N4S/c1-8-4-6-11(7-5-8)14-13(18)15-12-9(2)16-17-10(12)3/h4-7,9-10,12,16-17H,1-3H3,(H2,14,15,18). The summed E-state index contributed by atoms with van der Waals surface area (Å²) in [5, 5.41) is 7.20. The van der Waals surface area contributed by atoms with Crippen LogP contribution >= 0.6 is 12.2 Å². The fraction of sp³-hybridized carbons (Fsp3) is 0.462. The first-order valence-corrected chi connectivity index (χ1v) is 6.62. The summed E-state index contributed by atoms with van der Waals surface area (Å²) in [6.07, 6.45) is 0. The molecule has 2 rings (SSSR count). The van der Waals surface area contributed by atoms with E-state index in [2.05, 4.69) is 54.4 Å². The second-order valence-corrected chi connectivity index (χ2v) is 5.26. The van der Waals surface area contributed by atoms with Gasteiger partial charge in [-0.3, -0.25) is 10.9 Å². The van der Waals surface area contributed by atoms with Crippen LogP contribution in [0, 0.1) is 6.92 Å². The molecule has 1 fully saturated rings. The Morgan fingerprint density at radius 3 is 2.22 bits per heavy atom. The highest BCUT2D eigenvalue weighted by Gasteiger charge is 2.29. The van der Waals surface area contributed by atoms with E-state index in [0.717, 1.165) is 5.69 Å². The van der Waals surface area contributed by atoms with Gasteiger partial charge < -0.3 is 10.6 Å². The van der Waals surface area contributed by atoms with Gasteiger partial charge in [-0.1, -0.05) is 17.7 Å². The summed E-state index contributed by atoms with van der Waals surface area (Å²) >= 11 is 5.33. The number of hydrogen-bond donors (Lipinski definition) is 4. The molecule has 4 nitrogen and oxygen atoms in total. The number of nitrogens with one attached hydrogen (secondary N) is 4. The zero-order valence-electron chi connectivity index (χ0n) is 10.9. The third-order valence-electron chi connectivity index (χ3n) is 3.22. The molecule has 1 saturated heterocycles. The molecule has 0 spiro atoms. The van der Waals surface area contributed by atoms with E-state index in [9.17, 15) is 0 Å². The van der Waals surface area contributed by atoms with Gasteiger partial charge in [0.2, 0.25) is 0 Å². The molecule has 0 aromatic heterocycles. The molecule has 0 saturated carbocycles. The molecule has 2 atom stereocenters. The number of benzene rings is 1. The predicted molar refractivity (Wildman–Crippen MR) is 79.5 cm³/mol. The second kappa shape index (κ2) is 5.65. The summed E-state index contributed by atoms with van der Waals surface area (Å²) in [6, 6.07) is 9.16. The van der Waals surface area contributed by atoms with E-state index >= 15 is 0 Å². The van der Waals surface area contributed by atoms with E-state index in [-0.39, 0.29) is 6.04 Å². The molecule has 2 unspecified atom stereocenters. The average Bonchev–Trinajstić information content (AvgIpc) is 2.64. The first kappa shape index (κ1) is 13.3. The zero-order valence-corrected chi connectivity index (χ0v) is 11.8. The predicted octanol–water partition coefficient (Wildman–Crippen LogP) is 1.53. The fourth-order valence-corrected chi connectivity index (χ4v) is 2.33. The Labute approximate surface area is 114 Å². The van der Waals surface area contributed by atoms with Crippen LogP contribution in [-0.4, -0.2) is 23.2 Å². The van der Waals surface area contributed by atoms with Crippen molar-refractivity contribution < 1.29 is 0 Å². The zero-order chi connectivity index (χ0) is 13.1. The van der Waals surface area contributed by atoms with Crippen molar-refractivity contribution in [2.75, 3.05) is 5.32 Å². The summed E-state index contributed by atoms with van der Waals surface area (Å²) in [5.41, 5.74) is 8.65. The van der Waals surface area contributed by atoms with Gasteiger partial charge in [0.1, 0.15) is 0 Å². The second-order valence-electron chi connectivity index (χ2n) is 4.86. The van der Waals surface area contributed by atoms with Gasteiger partial charge in [-0.2, -0.15) is 0 Å². The maximum absolute atomic E-state index is 5.33. The lowest BCUT2D eigenvalue weighted by atomic mass is 10.1. The Morgan fingerprint density at radius 1 is 1.11 bits per heavy atom. The topological polar surface area (TPSA) is 48.1 Å². The van der Waals surface area contributed by atoms with Crippen LogP contribution in [0.2, 0.25) is 0 Å². The van der Waals surface area contributed by atoms with Crippen LogP contribution in [0.4, 0.5) is 5.69 Å². The first-order chi connectivity index (χ1) is 8.56. The summed E-state index contributed by atoms with van der Waals surface area (Å²) in [7, 11) is 0. The lowest BCUT2D eigenvalue weighted by molar-refractivity contribution is 0.519. The molecule has 1 aromatic rings. The van der Waals surface area contributed by atoms with Crippen molar-refractivity contribution in [2.24, 2.45) is 0 Å². The number of hydrogen-bond acceptors (Lipinski definition) is 3. The summed E-state index contributed by atoms with van der Waals surface area (Å²) in [4.78, 5) is 0. The van der Waals surface area contributed by atoms with Crippen molar-refractivity contribution in [3.63, 3.8) is 0 Å². The minimum Gasteiger partial charge on any atom is -0.356 e. The Kier molecular flexibility index (Phi) is 4.16. The average molecular weight is 264 g/mol. The van der Waals surface area contributed by atoms with Gasteiger partial charge in [0.05, 0.1) is 6.04 Å². The highest BCUT2D eigenvalue weighted by atomic mass is 32.1. The quantitative estimate of drug-likeness (QED) is 0.610. The molecule has 0 aliphatic carbocycles. The van der Waals surface area contributed by atoms with Crippen LogP contribution in [-0.2, 0) is 0 Å². The molecule has 98 valence electrons. The molecule has 1 aromatic carbocycles. The Bertz CT molecular complexity index is 408. The maximum Gasteiger partial charge on any atom is 0.171 e. The Hall–Kier alpha value is -1.17. The minimum atomic E-state index is 0.287. The molecule has 0 bridgehead atoms. The third-order valence-corrected chi connectivity index (χ3v) is 3.44. The van der Waals surface area contributed by atoms with Gasteiger partial charge in [0, 0.05) is 17.8 Å². The Balaban J connectivity index is 1.90. The number of thiocarbonyl (C=S) groups is 1. The van der Waals surface area contributed by atoms with Gasteiger partial charge in [-0.25, -0.2) is 0 Å². The third kappa shape index (κ3) is 3.19. The van der Waals surface area contributed by atoms with Crippen LogP contribution in [0.15, 0.2) is 24.3 Å². The summed E-state index contributed by atoms with van der Waals surface area (Å²) in [6.45, 7) is 6.32. The van der Waals surface area contributed by atoms with Crippen LogP contribution in [0.1, 0.15) is 19.4 Å². The van der Waals surface area contributed by atoms with Gasteiger partial charge in [-0.15, -0.1) is 0 Å². The molecule has 5 heteroatoms. The van der Waals surface area contributed by atoms with Crippen LogP contribution in [0.5, 0.6) is 0 Å². The normalized spacial score (nSPS) is 26.9. The van der Waals surface area contributed by atoms with Gasteiger partial charge in [-0.05, 0) is 45.1 Å². The van der Waals surface area contributed by atoms with Gasteiger partial charge in [0.25, 0.3) is 0 Å². The Morgan fingerprint density at radius 2 is 1.67 bits per heavy atom. The smallest absolute Gasteiger partial charge is 0.171 e. The van der Waals surface area contributed by atoms with Crippen molar-refractivity contribution in [1.82, 2.24) is 16.2 Å². The van der Waals surface area contributed by atoms with Gasteiger partial charge >= 0.3 is 0 Å². The van der Waals surface area contributed by atoms with Crippen molar-refractivity contribution in [2.45, 2.75) is 38.9 Å². The maximum atomic E-state index is 5.33. The minimum absolute atomic E-state index is 0.287. The monoisotopic (exact) mass is 264 g/mol. The molecule has 0 amide bonds. The van der Waals surface area contributed by atoms with Crippen molar-refractivity contribution in [3.8, 4) is 0 Å². The molecule has 4 N–H and O–H groups in total. The SMILES string of the molecule is Cc1ccc(NC(=S)NC2C(C)NNC2C)cc1. The highest BCUT2D eigenvalue weighted by Crippen LogP contribution is 2.10. The molecule has 1 aliphatic heterocycles. The lowest BCUT2D eigenvalue weighted by Crippen LogP contribution is -2.47. The van der Waals surface area contributed by atoms with E-state index in [1.807, 2.05) is 12.1 Å². The molecule has 1 aliphatic rings. The van der Waals surface area contributed by atoms with Gasteiger partial charge in [0.15, 0.2) is 5.11 Å². The van der Waals surface area contributed by atoms with Crippen molar-refractivity contribution >= 4 is 23.0 Å². The number of anilines is 1. The molecule has 1 heterocycles. The molecule has 0 radical (unpaired) electrons. The van der Waals surface area contributed by atoms with E-state index < -0.39 is 0 Å². The van der Waals surface area contributed by atoms with E-state index in [1.54, 1.807) is 0 Å². The van der Waals surface area contributed by atoms with E-state index in [4.69, 9.17) is 12.2 Å².